The summed E-state index contributed by atoms with van der Waals surface area (Å²) in [5, 5.41) is 9.97. The number of anilines is 1. The Balaban J connectivity index is 1.61. The number of carbonyl (C=O) groups excluding carboxylic acids is 1. The lowest BCUT2D eigenvalue weighted by atomic mass is 9.71. The average Bonchev–Trinajstić information content (AvgIpc) is 3.14. The van der Waals surface area contributed by atoms with Crippen molar-refractivity contribution in [3.05, 3.63) is 90.0 Å². The molecule has 2 aliphatic heterocycles. The lowest BCUT2D eigenvalue weighted by Crippen LogP contribution is -2.46. The number of terminal acetylenes is 1. The molecule has 1 fully saturated rings. The van der Waals surface area contributed by atoms with Gasteiger partial charge in [-0.2, -0.15) is 5.26 Å². The van der Waals surface area contributed by atoms with E-state index in [1.54, 1.807) is 12.2 Å². The molecule has 1 unspecified atom stereocenters. The van der Waals surface area contributed by atoms with Crippen molar-refractivity contribution in [1.82, 2.24) is 4.90 Å². The number of fused-ring (bicyclic) bond motifs is 1. The smallest absolute Gasteiger partial charge is 0.242 e. The van der Waals surface area contributed by atoms with Gasteiger partial charge in [-0.25, -0.2) is 0 Å². The monoisotopic (exact) mass is 449 g/mol. The van der Waals surface area contributed by atoms with E-state index in [2.05, 4.69) is 47.7 Å². The van der Waals surface area contributed by atoms with Crippen LogP contribution in [-0.2, 0) is 10.2 Å². The van der Waals surface area contributed by atoms with Crippen molar-refractivity contribution in [2.75, 3.05) is 31.1 Å². The van der Waals surface area contributed by atoms with Crippen LogP contribution in [0.5, 0.6) is 0 Å². The predicted octanol–water partition coefficient (Wildman–Crippen LogP) is 5.08. The van der Waals surface area contributed by atoms with E-state index in [4.69, 9.17) is 6.42 Å². The Morgan fingerprint density at radius 2 is 1.82 bits per heavy atom. The molecule has 4 rings (SSSR count). The second-order valence-electron chi connectivity index (χ2n) is 9.09. The Kier molecular flexibility index (Phi) is 6.73. The number of nitrogens with zero attached hydrogens (tertiary/aromatic N) is 3. The molecule has 172 valence electrons. The number of piperidine rings is 1. The van der Waals surface area contributed by atoms with Crippen molar-refractivity contribution in [3.8, 4) is 18.4 Å². The van der Waals surface area contributed by atoms with Crippen LogP contribution in [0.3, 0.4) is 0 Å². The van der Waals surface area contributed by atoms with E-state index >= 15 is 0 Å². The molecule has 4 heteroatoms. The number of allylic oxidation sites excluding steroid dienone is 3. The average molecular weight is 450 g/mol. The van der Waals surface area contributed by atoms with Crippen molar-refractivity contribution in [2.45, 2.75) is 31.6 Å². The SMILES string of the molecule is C#C/C=C(\C=C)C1(C#N)CCN(CCC2(c3ccccc3)C(=O)N(CC)c3ccccc32)CC1. The number of hydrogen-bond acceptors (Lipinski definition) is 3. The Morgan fingerprint density at radius 3 is 2.44 bits per heavy atom. The second-order valence-corrected chi connectivity index (χ2v) is 9.09. The highest BCUT2D eigenvalue weighted by atomic mass is 16.2. The van der Waals surface area contributed by atoms with Gasteiger partial charge in [0.15, 0.2) is 0 Å². The van der Waals surface area contributed by atoms with Gasteiger partial charge in [0.05, 0.1) is 11.5 Å². The fourth-order valence-electron chi connectivity index (χ4n) is 5.66. The lowest BCUT2D eigenvalue weighted by molar-refractivity contribution is -0.122. The number of benzene rings is 2. The van der Waals surface area contributed by atoms with E-state index in [0.29, 0.717) is 25.8 Å². The highest BCUT2D eigenvalue weighted by molar-refractivity contribution is 6.10. The number of nitriles is 1. The summed E-state index contributed by atoms with van der Waals surface area (Å²) in [4.78, 5) is 18.3. The molecule has 34 heavy (non-hydrogen) atoms. The maximum atomic E-state index is 14.0. The quantitative estimate of drug-likeness (QED) is 0.437. The molecule has 1 amide bonds. The second kappa shape index (κ2) is 9.72. The molecule has 2 heterocycles. The zero-order valence-electron chi connectivity index (χ0n) is 19.8. The lowest BCUT2D eigenvalue weighted by Gasteiger charge is -2.39. The van der Waals surface area contributed by atoms with Crippen LogP contribution >= 0.6 is 0 Å². The normalized spacial score (nSPS) is 22.0. The molecular formula is C30H31N3O. The highest BCUT2D eigenvalue weighted by Gasteiger charge is 2.51. The van der Waals surface area contributed by atoms with Crippen LogP contribution in [0.4, 0.5) is 5.69 Å². The zero-order valence-corrected chi connectivity index (χ0v) is 19.8. The van der Waals surface area contributed by atoms with Gasteiger partial charge in [0.2, 0.25) is 5.91 Å². The first-order valence-electron chi connectivity index (χ1n) is 12.0. The largest absolute Gasteiger partial charge is 0.311 e. The Hall–Kier alpha value is -3.60. The first kappa shape index (κ1) is 23.6. The third-order valence-electron chi connectivity index (χ3n) is 7.59. The first-order valence-corrected chi connectivity index (χ1v) is 12.0. The minimum absolute atomic E-state index is 0.150. The molecule has 0 saturated carbocycles. The molecule has 1 saturated heterocycles. The van der Waals surface area contributed by atoms with Gasteiger partial charge in [-0.3, -0.25) is 4.79 Å². The summed E-state index contributed by atoms with van der Waals surface area (Å²) < 4.78 is 0. The van der Waals surface area contributed by atoms with Gasteiger partial charge in [0, 0.05) is 12.2 Å². The van der Waals surface area contributed by atoms with Crippen LogP contribution in [0.1, 0.15) is 37.3 Å². The van der Waals surface area contributed by atoms with E-state index < -0.39 is 10.8 Å². The van der Waals surface area contributed by atoms with Gasteiger partial charge >= 0.3 is 0 Å². The number of para-hydroxylation sites is 1. The highest BCUT2D eigenvalue weighted by Crippen LogP contribution is 2.48. The third kappa shape index (κ3) is 3.75. The van der Waals surface area contributed by atoms with E-state index in [0.717, 1.165) is 42.0 Å². The van der Waals surface area contributed by atoms with E-state index in [1.807, 2.05) is 42.2 Å². The standard InChI is InChI=1S/C30H31N3O/c1-4-12-24(5-2)29(23-31)17-20-32(21-18-29)22-19-30(25-13-8-7-9-14-25)26-15-10-11-16-27(26)33(6-3)28(30)34/h1,5,7-16H,2,6,17-22H2,3H3/b24-12+. The molecule has 0 N–H and O–H groups in total. The fraction of sp³-hybridized carbons (Fsp3) is 0.333. The number of amides is 1. The van der Waals surface area contributed by atoms with Crippen molar-refractivity contribution in [1.29, 1.82) is 5.26 Å². The van der Waals surface area contributed by atoms with Crippen molar-refractivity contribution >= 4 is 11.6 Å². The molecule has 0 spiro atoms. The molecule has 0 radical (unpaired) electrons. The summed E-state index contributed by atoms with van der Waals surface area (Å²) in [7, 11) is 0. The van der Waals surface area contributed by atoms with Crippen LogP contribution in [-0.4, -0.2) is 37.0 Å². The summed E-state index contributed by atoms with van der Waals surface area (Å²) >= 11 is 0. The number of likely N-dealkylation sites (N-methyl/N-ethyl adjacent to an activating group) is 1. The minimum atomic E-state index is -0.701. The molecule has 2 aliphatic rings. The van der Waals surface area contributed by atoms with E-state index in [1.165, 1.54) is 0 Å². The first-order chi connectivity index (χ1) is 16.6. The number of likely N-dealkylation sites (tertiary alicyclic amines) is 1. The van der Waals surface area contributed by atoms with Gasteiger partial charge < -0.3 is 9.80 Å². The minimum Gasteiger partial charge on any atom is -0.311 e. The molecule has 0 aromatic heterocycles. The number of carbonyl (C=O) groups is 1. The Labute approximate surface area is 203 Å². The van der Waals surface area contributed by atoms with Gasteiger partial charge in [-0.05, 0) is 74.7 Å². The van der Waals surface area contributed by atoms with Gasteiger partial charge in [0.1, 0.15) is 5.41 Å². The van der Waals surface area contributed by atoms with Crippen molar-refractivity contribution in [3.63, 3.8) is 0 Å². The molecule has 0 aliphatic carbocycles. The topological polar surface area (TPSA) is 47.3 Å². The predicted molar refractivity (Wildman–Crippen MR) is 137 cm³/mol. The summed E-state index contributed by atoms with van der Waals surface area (Å²) in [5.74, 6) is 2.71. The molecule has 1 atom stereocenters. The molecular weight excluding hydrogens is 418 g/mol. The number of rotatable bonds is 7. The van der Waals surface area contributed by atoms with Crippen LogP contribution < -0.4 is 4.90 Å². The summed E-state index contributed by atoms with van der Waals surface area (Å²) in [5.41, 5.74) is 2.68. The maximum Gasteiger partial charge on any atom is 0.242 e. The van der Waals surface area contributed by atoms with Crippen LogP contribution in [0.15, 0.2) is 78.9 Å². The summed E-state index contributed by atoms with van der Waals surface area (Å²) in [6, 6.07) is 20.9. The third-order valence-corrected chi connectivity index (χ3v) is 7.59. The van der Waals surface area contributed by atoms with Gasteiger partial charge in [0.25, 0.3) is 0 Å². The van der Waals surface area contributed by atoms with E-state index in [-0.39, 0.29) is 5.91 Å². The van der Waals surface area contributed by atoms with Crippen LogP contribution in [0.2, 0.25) is 0 Å². The summed E-state index contributed by atoms with van der Waals surface area (Å²) in [6.45, 7) is 8.88. The summed E-state index contributed by atoms with van der Waals surface area (Å²) in [6.07, 6.45) is 11.0. The fourth-order valence-corrected chi connectivity index (χ4v) is 5.66. The Morgan fingerprint density at radius 1 is 1.15 bits per heavy atom. The van der Waals surface area contributed by atoms with Crippen LogP contribution in [0.25, 0.3) is 0 Å². The molecule has 2 aromatic carbocycles. The Bertz CT molecular complexity index is 1180. The van der Waals surface area contributed by atoms with Gasteiger partial charge in [-0.1, -0.05) is 67.1 Å². The van der Waals surface area contributed by atoms with Crippen molar-refractivity contribution < 1.29 is 4.79 Å². The zero-order chi connectivity index (χ0) is 24.2. The molecule has 2 aromatic rings. The molecule has 4 nitrogen and oxygen atoms in total. The molecule has 0 bridgehead atoms. The number of hydrogen-bond donors (Lipinski definition) is 0. The van der Waals surface area contributed by atoms with Crippen molar-refractivity contribution in [2.24, 2.45) is 5.41 Å². The van der Waals surface area contributed by atoms with Gasteiger partial charge in [-0.15, -0.1) is 6.42 Å². The van der Waals surface area contributed by atoms with Crippen LogP contribution in [0, 0.1) is 29.1 Å². The van der Waals surface area contributed by atoms with E-state index in [9.17, 15) is 10.1 Å². The maximum absolute atomic E-state index is 14.0.